The summed E-state index contributed by atoms with van der Waals surface area (Å²) in [6, 6.07) is 17.7. The molecule has 28 heavy (non-hydrogen) atoms. The standard InChI is InChI=1S/C24H17F2NO/c1-16-5-9-19(24-27-13-14-28-24)15-21(16)18-10-6-17(7-11-18)8-12-20-22(25)3-2-4-23(20)26/h2-15H,1H3/b12-8+. The highest BCUT2D eigenvalue weighted by molar-refractivity contribution is 5.75. The molecule has 1 aromatic heterocycles. The van der Waals surface area contributed by atoms with Gasteiger partial charge in [-0.05, 0) is 59.5 Å². The van der Waals surface area contributed by atoms with Gasteiger partial charge in [-0.25, -0.2) is 13.8 Å². The zero-order valence-electron chi connectivity index (χ0n) is 15.2. The Labute approximate surface area is 161 Å². The van der Waals surface area contributed by atoms with Gasteiger partial charge in [0, 0.05) is 11.1 Å². The summed E-state index contributed by atoms with van der Waals surface area (Å²) in [5, 5.41) is 0. The molecular formula is C24H17F2NO. The van der Waals surface area contributed by atoms with Gasteiger partial charge in [-0.2, -0.15) is 0 Å². The molecular weight excluding hydrogens is 356 g/mol. The molecule has 4 aromatic rings. The second kappa shape index (κ2) is 7.61. The van der Waals surface area contributed by atoms with Crippen LogP contribution in [0.1, 0.15) is 16.7 Å². The highest BCUT2D eigenvalue weighted by atomic mass is 19.1. The number of aryl methyl sites for hydroxylation is 1. The van der Waals surface area contributed by atoms with Gasteiger partial charge < -0.3 is 4.42 Å². The molecule has 4 heteroatoms. The summed E-state index contributed by atoms with van der Waals surface area (Å²) in [5.41, 5.74) is 4.97. The van der Waals surface area contributed by atoms with Crippen molar-refractivity contribution in [2.75, 3.05) is 0 Å². The average Bonchev–Trinajstić information content (AvgIpc) is 3.23. The van der Waals surface area contributed by atoms with Crippen LogP contribution in [0.2, 0.25) is 0 Å². The third-order valence-corrected chi connectivity index (χ3v) is 4.58. The van der Waals surface area contributed by atoms with Crippen molar-refractivity contribution >= 4 is 12.2 Å². The zero-order valence-corrected chi connectivity index (χ0v) is 15.2. The molecule has 0 N–H and O–H groups in total. The smallest absolute Gasteiger partial charge is 0.225 e. The van der Waals surface area contributed by atoms with Gasteiger partial charge in [-0.3, -0.25) is 0 Å². The maximum Gasteiger partial charge on any atom is 0.225 e. The molecule has 0 amide bonds. The number of hydrogen-bond donors (Lipinski definition) is 0. The number of aromatic nitrogens is 1. The molecule has 3 aromatic carbocycles. The molecule has 0 bridgehead atoms. The predicted octanol–water partition coefficient (Wildman–Crippen LogP) is 6.77. The van der Waals surface area contributed by atoms with E-state index in [0.29, 0.717) is 5.89 Å². The molecule has 0 saturated heterocycles. The summed E-state index contributed by atoms with van der Waals surface area (Å²) >= 11 is 0. The summed E-state index contributed by atoms with van der Waals surface area (Å²) in [6.07, 6.45) is 6.32. The fourth-order valence-corrected chi connectivity index (χ4v) is 3.06. The van der Waals surface area contributed by atoms with Crippen LogP contribution in [-0.2, 0) is 0 Å². The third kappa shape index (κ3) is 3.62. The molecule has 138 valence electrons. The van der Waals surface area contributed by atoms with E-state index in [-0.39, 0.29) is 5.56 Å². The number of hydrogen-bond acceptors (Lipinski definition) is 2. The van der Waals surface area contributed by atoms with E-state index in [1.165, 1.54) is 24.3 Å². The third-order valence-electron chi connectivity index (χ3n) is 4.58. The van der Waals surface area contributed by atoms with Crippen LogP contribution < -0.4 is 0 Å². The summed E-state index contributed by atoms with van der Waals surface area (Å²) in [5.74, 6) is -0.577. The highest BCUT2D eigenvalue weighted by Crippen LogP contribution is 2.29. The van der Waals surface area contributed by atoms with Crippen LogP contribution in [0.15, 0.2) is 77.5 Å². The number of halogens is 2. The van der Waals surface area contributed by atoms with Crippen molar-refractivity contribution in [3.63, 3.8) is 0 Å². The van der Waals surface area contributed by atoms with E-state index in [1.54, 1.807) is 18.5 Å². The lowest BCUT2D eigenvalue weighted by Gasteiger charge is -2.08. The summed E-state index contributed by atoms with van der Waals surface area (Å²) < 4.78 is 32.8. The first-order valence-electron chi connectivity index (χ1n) is 8.85. The maximum absolute atomic E-state index is 13.7. The van der Waals surface area contributed by atoms with Crippen LogP contribution in [0.4, 0.5) is 8.78 Å². The molecule has 0 saturated carbocycles. The molecule has 0 aliphatic rings. The Morgan fingerprint density at radius 2 is 1.57 bits per heavy atom. The Hall–Kier alpha value is -3.53. The molecule has 0 spiro atoms. The molecule has 1 heterocycles. The van der Waals surface area contributed by atoms with Crippen LogP contribution in [0.3, 0.4) is 0 Å². The second-order valence-electron chi connectivity index (χ2n) is 6.46. The van der Waals surface area contributed by atoms with E-state index in [2.05, 4.69) is 4.98 Å². The number of oxazole rings is 1. The van der Waals surface area contributed by atoms with Gasteiger partial charge in [-0.1, -0.05) is 42.5 Å². The monoisotopic (exact) mass is 373 g/mol. The molecule has 4 rings (SSSR count). The lowest BCUT2D eigenvalue weighted by atomic mass is 9.97. The van der Waals surface area contributed by atoms with Crippen molar-refractivity contribution in [3.05, 3.63) is 101 Å². The minimum absolute atomic E-state index is 0.0407. The van der Waals surface area contributed by atoms with Gasteiger partial charge >= 0.3 is 0 Å². The van der Waals surface area contributed by atoms with E-state index in [0.717, 1.165) is 27.8 Å². The molecule has 0 unspecified atom stereocenters. The van der Waals surface area contributed by atoms with Crippen LogP contribution in [0, 0.1) is 18.6 Å². The van der Waals surface area contributed by atoms with E-state index >= 15 is 0 Å². The van der Waals surface area contributed by atoms with Crippen LogP contribution in [0.5, 0.6) is 0 Å². The Morgan fingerprint density at radius 1 is 0.857 bits per heavy atom. The molecule has 0 radical (unpaired) electrons. The minimum atomic E-state index is -0.577. The lowest BCUT2D eigenvalue weighted by Crippen LogP contribution is -1.87. The molecule has 2 nitrogen and oxygen atoms in total. The van der Waals surface area contributed by atoms with Crippen LogP contribution in [-0.4, -0.2) is 4.98 Å². The summed E-state index contributed by atoms with van der Waals surface area (Å²) in [7, 11) is 0. The van der Waals surface area contributed by atoms with Crippen LogP contribution >= 0.6 is 0 Å². The Morgan fingerprint density at radius 3 is 2.25 bits per heavy atom. The Balaban J connectivity index is 1.62. The molecule has 0 atom stereocenters. The topological polar surface area (TPSA) is 26.0 Å². The fourth-order valence-electron chi connectivity index (χ4n) is 3.06. The van der Waals surface area contributed by atoms with Crippen molar-refractivity contribution in [2.45, 2.75) is 6.92 Å². The molecule has 0 aliphatic heterocycles. The highest BCUT2D eigenvalue weighted by Gasteiger charge is 2.08. The predicted molar refractivity (Wildman–Crippen MR) is 107 cm³/mol. The van der Waals surface area contributed by atoms with Gasteiger partial charge in [0.2, 0.25) is 5.89 Å². The van der Waals surface area contributed by atoms with E-state index in [4.69, 9.17) is 4.42 Å². The minimum Gasteiger partial charge on any atom is -0.445 e. The Kier molecular flexibility index (Phi) is 4.85. The first kappa shape index (κ1) is 17.9. The number of nitrogens with zero attached hydrogens (tertiary/aromatic N) is 1. The van der Waals surface area contributed by atoms with Crippen LogP contribution in [0.25, 0.3) is 34.7 Å². The van der Waals surface area contributed by atoms with Gasteiger partial charge in [0.1, 0.15) is 17.9 Å². The largest absolute Gasteiger partial charge is 0.445 e. The van der Waals surface area contributed by atoms with Crippen molar-refractivity contribution in [1.82, 2.24) is 4.98 Å². The number of rotatable bonds is 4. The van der Waals surface area contributed by atoms with Gasteiger partial charge in [-0.15, -0.1) is 0 Å². The SMILES string of the molecule is Cc1ccc(-c2ncco2)cc1-c1ccc(/C=C/c2c(F)cccc2F)cc1. The average molecular weight is 373 g/mol. The van der Waals surface area contributed by atoms with Gasteiger partial charge in [0.15, 0.2) is 0 Å². The van der Waals surface area contributed by atoms with Gasteiger partial charge in [0.05, 0.1) is 6.20 Å². The number of benzene rings is 3. The van der Waals surface area contributed by atoms with Crippen molar-refractivity contribution in [2.24, 2.45) is 0 Å². The Bertz CT molecular complexity index is 1110. The summed E-state index contributed by atoms with van der Waals surface area (Å²) in [6.45, 7) is 2.05. The van der Waals surface area contributed by atoms with Crippen molar-refractivity contribution < 1.29 is 13.2 Å². The second-order valence-corrected chi connectivity index (χ2v) is 6.46. The first-order valence-corrected chi connectivity index (χ1v) is 8.85. The van der Waals surface area contributed by atoms with Crippen molar-refractivity contribution in [1.29, 1.82) is 0 Å². The fraction of sp³-hybridized carbons (Fsp3) is 0.0417. The van der Waals surface area contributed by atoms with E-state index in [9.17, 15) is 8.78 Å². The van der Waals surface area contributed by atoms with E-state index < -0.39 is 11.6 Å². The molecule has 0 aliphatic carbocycles. The normalized spacial score (nSPS) is 11.2. The maximum atomic E-state index is 13.7. The first-order chi connectivity index (χ1) is 13.6. The lowest BCUT2D eigenvalue weighted by molar-refractivity contribution is 0.574. The summed E-state index contributed by atoms with van der Waals surface area (Å²) in [4.78, 5) is 4.20. The van der Waals surface area contributed by atoms with Gasteiger partial charge in [0.25, 0.3) is 0 Å². The molecule has 0 fully saturated rings. The quantitative estimate of drug-likeness (QED) is 0.369. The zero-order chi connectivity index (χ0) is 19.5. The van der Waals surface area contributed by atoms with Crippen molar-refractivity contribution in [3.8, 4) is 22.6 Å². The van der Waals surface area contributed by atoms with E-state index in [1.807, 2.05) is 49.4 Å².